The molecule has 1 aliphatic carbocycles. The second kappa shape index (κ2) is 11.8. The first-order valence-corrected chi connectivity index (χ1v) is 13.5. The molecule has 2 heterocycles. The van der Waals surface area contributed by atoms with E-state index in [1.807, 2.05) is 47.0 Å². The molecule has 1 aliphatic rings. The zero-order valence-electron chi connectivity index (χ0n) is 21.6. The van der Waals surface area contributed by atoms with E-state index in [0.717, 1.165) is 40.6 Å². The molecule has 37 heavy (non-hydrogen) atoms. The minimum absolute atomic E-state index is 0.472. The van der Waals surface area contributed by atoms with E-state index >= 15 is 0 Å². The summed E-state index contributed by atoms with van der Waals surface area (Å²) in [6, 6.07) is 20.8. The zero-order valence-corrected chi connectivity index (χ0v) is 21.6. The lowest BCUT2D eigenvalue weighted by Crippen LogP contribution is -2.31. The molecular formula is C30H38N6O. The summed E-state index contributed by atoms with van der Waals surface area (Å²) in [5.74, 6) is 3.39. The van der Waals surface area contributed by atoms with Gasteiger partial charge in [-0.15, -0.1) is 0 Å². The number of nitrogens with zero attached hydrogens (tertiary/aromatic N) is 3. The summed E-state index contributed by atoms with van der Waals surface area (Å²) in [5.41, 5.74) is 16.3. The second-order valence-electron chi connectivity index (χ2n) is 10.3. The van der Waals surface area contributed by atoms with Crippen molar-refractivity contribution in [2.45, 2.75) is 57.4 Å². The molecule has 4 aromatic rings. The lowest BCUT2D eigenvalue weighted by molar-refractivity contribution is 0.290. The number of nitrogens with two attached hydrogens (primary N) is 2. The molecule has 194 valence electrons. The van der Waals surface area contributed by atoms with Crippen LogP contribution in [0.2, 0.25) is 0 Å². The van der Waals surface area contributed by atoms with Crippen molar-refractivity contribution >= 4 is 11.3 Å². The highest BCUT2D eigenvalue weighted by molar-refractivity contribution is 5.88. The van der Waals surface area contributed by atoms with Crippen molar-refractivity contribution in [1.29, 1.82) is 0 Å². The molecule has 2 aromatic heterocycles. The van der Waals surface area contributed by atoms with Gasteiger partial charge in [0, 0.05) is 36.3 Å². The minimum Gasteiger partial charge on any atom is -0.457 e. The van der Waals surface area contributed by atoms with Gasteiger partial charge in [0.15, 0.2) is 5.82 Å². The number of ether oxygens (including phenoxy) is 1. The van der Waals surface area contributed by atoms with Gasteiger partial charge in [-0.25, -0.2) is 9.50 Å². The van der Waals surface area contributed by atoms with Gasteiger partial charge in [0.1, 0.15) is 23.3 Å². The summed E-state index contributed by atoms with van der Waals surface area (Å²) >= 11 is 0. The summed E-state index contributed by atoms with van der Waals surface area (Å²) in [6.45, 7) is 3.85. The molecule has 0 saturated heterocycles. The van der Waals surface area contributed by atoms with Gasteiger partial charge in [-0.2, -0.15) is 5.10 Å². The maximum Gasteiger partial charge on any atom is 0.151 e. The molecule has 1 atom stereocenters. The molecule has 5 N–H and O–H groups in total. The first-order valence-electron chi connectivity index (χ1n) is 13.5. The maximum absolute atomic E-state index is 6.38. The molecular weight excluding hydrogens is 460 g/mol. The molecule has 0 spiro atoms. The fourth-order valence-corrected chi connectivity index (χ4v) is 5.59. The number of hydrogen-bond donors (Lipinski definition) is 3. The Balaban J connectivity index is 1.31. The van der Waals surface area contributed by atoms with E-state index in [2.05, 4.69) is 40.5 Å². The first-order chi connectivity index (χ1) is 18.1. The van der Waals surface area contributed by atoms with E-state index in [9.17, 15) is 0 Å². The Kier molecular flexibility index (Phi) is 8.02. The highest BCUT2D eigenvalue weighted by Crippen LogP contribution is 2.41. The number of aromatic nitrogens is 3. The topological polar surface area (TPSA) is 103 Å². The Hall–Kier alpha value is -3.42. The molecule has 0 radical (unpaired) electrons. The quantitative estimate of drug-likeness (QED) is 0.257. The van der Waals surface area contributed by atoms with Crippen molar-refractivity contribution in [3.63, 3.8) is 0 Å². The van der Waals surface area contributed by atoms with Gasteiger partial charge in [-0.3, -0.25) is 0 Å². The number of hydrogen-bond acceptors (Lipinski definition) is 6. The Morgan fingerprint density at radius 2 is 1.76 bits per heavy atom. The van der Waals surface area contributed by atoms with Crippen molar-refractivity contribution < 1.29 is 4.74 Å². The van der Waals surface area contributed by atoms with E-state index < -0.39 is 0 Å². The van der Waals surface area contributed by atoms with Gasteiger partial charge in [0.2, 0.25) is 0 Å². The smallest absolute Gasteiger partial charge is 0.151 e. The Bertz CT molecular complexity index is 1280. The third-order valence-electron chi connectivity index (χ3n) is 7.66. The van der Waals surface area contributed by atoms with Gasteiger partial charge in [-0.1, -0.05) is 30.3 Å². The van der Waals surface area contributed by atoms with Gasteiger partial charge in [0.05, 0.1) is 0 Å². The van der Waals surface area contributed by atoms with Crippen LogP contribution in [0.4, 0.5) is 5.82 Å². The SMILES string of the molecule is C[C@@H](CCC1CCC(c2cc(-c3ccc(Oc4ccccc4)cc3)c3c(N)ncnn23)CC1)NCCN. The van der Waals surface area contributed by atoms with Gasteiger partial charge < -0.3 is 21.5 Å². The average Bonchev–Trinajstić information content (AvgIpc) is 3.33. The third kappa shape index (κ3) is 5.95. The van der Waals surface area contributed by atoms with Crippen LogP contribution in [0.5, 0.6) is 11.5 Å². The maximum atomic E-state index is 6.38. The fourth-order valence-electron chi connectivity index (χ4n) is 5.59. The molecule has 0 amide bonds. The molecule has 1 saturated carbocycles. The molecule has 5 rings (SSSR count). The van der Waals surface area contributed by atoms with Crippen molar-refractivity contribution in [2.75, 3.05) is 18.8 Å². The van der Waals surface area contributed by atoms with Crippen molar-refractivity contribution in [1.82, 2.24) is 19.9 Å². The van der Waals surface area contributed by atoms with Crippen LogP contribution >= 0.6 is 0 Å². The Morgan fingerprint density at radius 3 is 2.49 bits per heavy atom. The second-order valence-corrected chi connectivity index (χ2v) is 10.3. The monoisotopic (exact) mass is 498 g/mol. The summed E-state index contributed by atoms with van der Waals surface area (Å²) in [5, 5.41) is 8.13. The molecule has 7 heteroatoms. The molecule has 0 aliphatic heterocycles. The molecule has 7 nitrogen and oxygen atoms in total. The van der Waals surface area contributed by atoms with E-state index in [1.54, 1.807) is 6.33 Å². The number of para-hydroxylation sites is 1. The number of benzene rings is 2. The predicted molar refractivity (Wildman–Crippen MR) is 150 cm³/mol. The van der Waals surface area contributed by atoms with E-state index in [0.29, 0.717) is 24.3 Å². The van der Waals surface area contributed by atoms with Crippen LogP contribution in [0, 0.1) is 5.92 Å². The molecule has 0 bridgehead atoms. The van der Waals surface area contributed by atoms with Crippen LogP contribution < -0.4 is 21.5 Å². The lowest BCUT2D eigenvalue weighted by Gasteiger charge is -2.29. The zero-order chi connectivity index (χ0) is 25.6. The average molecular weight is 499 g/mol. The normalized spacial score (nSPS) is 18.6. The van der Waals surface area contributed by atoms with Gasteiger partial charge in [0.25, 0.3) is 0 Å². The van der Waals surface area contributed by atoms with Crippen LogP contribution in [0.1, 0.15) is 57.1 Å². The van der Waals surface area contributed by atoms with Gasteiger partial charge >= 0.3 is 0 Å². The largest absolute Gasteiger partial charge is 0.457 e. The fraction of sp³-hybridized carbons (Fsp3) is 0.400. The van der Waals surface area contributed by atoms with E-state index in [4.69, 9.17) is 16.2 Å². The number of rotatable bonds is 10. The number of nitrogen functional groups attached to an aromatic ring is 1. The minimum atomic E-state index is 0.472. The van der Waals surface area contributed by atoms with Crippen LogP contribution in [0.15, 0.2) is 67.0 Å². The third-order valence-corrected chi connectivity index (χ3v) is 7.66. The summed E-state index contributed by atoms with van der Waals surface area (Å²) in [7, 11) is 0. The van der Waals surface area contributed by atoms with Crippen LogP contribution in [-0.4, -0.2) is 33.7 Å². The Morgan fingerprint density at radius 1 is 1.03 bits per heavy atom. The molecule has 0 unspecified atom stereocenters. The van der Waals surface area contributed by atoms with Crippen LogP contribution in [0.3, 0.4) is 0 Å². The molecule has 2 aromatic carbocycles. The van der Waals surface area contributed by atoms with Crippen molar-refractivity contribution in [2.24, 2.45) is 11.7 Å². The summed E-state index contributed by atoms with van der Waals surface area (Å²) in [4.78, 5) is 4.31. The first kappa shape index (κ1) is 25.2. The number of nitrogens with one attached hydrogen (secondary N) is 1. The van der Waals surface area contributed by atoms with E-state index in [1.165, 1.54) is 44.2 Å². The lowest BCUT2D eigenvalue weighted by atomic mass is 9.78. The highest BCUT2D eigenvalue weighted by Gasteiger charge is 2.27. The summed E-state index contributed by atoms with van der Waals surface area (Å²) < 4.78 is 8.00. The molecule has 1 fully saturated rings. The highest BCUT2D eigenvalue weighted by atomic mass is 16.5. The number of fused-ring (bicyclic) bond motifs is 1. The van der Waals surface area contributed by atoms with Crippen molar-refractivity contribution in [3.05, 3.63) is 72.7 Å². The van der Waals surface area contributed by atoms with Crippen molar-refractivity contribution in [3.8, 4) is 22.6 Å². The standard InChI is InChI=1S/C30H38N6O/c1-21(33-18-17-31)7-8-22-9-11-24(12-10-22)28-19-27(29-30(32)34-20-35-36(28)29)23-13-15-26(16-14-23)37-25-5-3-2-4-6-25/h2-6,13-16,19-22,24,33H,7-12,17-18,31H2,1H3,(H2,32,34,35)/t21-,22?,24?/m0/s1. The predicted octanol–water partition coefficient (Wildman–Crippen LogP) is 5.76. The number of anilines is 1. The van der Waals surface area contributed by atoms with Crippen LogP contribution in [0.25, 0.3) is 16.6 Å². The summed E-state index contributed by atoms with van der Waals surface area (Å²) in [6.07, 6.45) is 8.90. The Labute approximate surface area is 219 Å². The van der Waals surface area contributed by atoms with Gasteiger partial charge in [-0.05, 0) is 87.3 Å². The van der Waals surface area contributed by atoms with Crippen LogP contribution in [-0.2, 0) is 0 Å². The van der Waals surface area contributed by atoms with E-state index in [-0.39, 0.29) is 0 Å².